The van der Waals surface area contributed by atoms with Crippen LogP contribution in [0.15, 0.2) is 40.8 Å². The molecule has 21 heavy (non-hydrogen) atoms. The minimum absolute atomic E-state index is 0.201. The molecule has 112 valence electrons. The van der Waals surface area contributed by atoms with Crippen LogP contribution in [0.1, 0.15) is 18.6 Å². The first-order chi connectivity index (χ1) is 10.2. The maximum Gasteiger partial charge on any atom is 0.305 e. The summed E-state index contributed by atoms with van der Waals surface area (Å²) >= 11 is 0. The summed E-state index contributed by atoms with van der Waals surface area (Å²) in [5, 5.41) is 3.19. The molecule has 0 amide bonds. The van der Waals surface area contributed by atoms with Gasteiger partial charge in [0.2, 0.25) is 0 Å². The molecule has 1 aromatic carbocycles. The van der Waals surface area contributed by atoms with Crippen molar-refractivity contribution in [2.75, 3.05) is 13.7 Å². The Labute approximate surface area is 122 Å². The minimum Gasteiger partial charge on any atom is -0.469 e. The number of methoxy groups -OCH3 is 1. The normalized spacial score (nSPS) is 10.6. The number of ether oxygens (including phenoxy) is 1. The van der Waals surface area contributed by atoms with Gasteiger partial charge in [-0.2, -0.15) is 0 Å². The molecule has 0 saturated carbocycles. The van der Waals surface area contributed by atoms with Crippen molar-refractivity contribution in [1.29, 1.82) is 0 Å². The largest absolute Gasteiger partial charge is 0.469 e. The van der Waals surface area contributed by atoms with Crippen molar-refractivity contribution in [3.05, 3.63) is 48.0 Å². The Morgan fingerprint density at radius 1 is 1.24 bits per heavy atom. The van der Waals surface area contributed by atoms with Crippen LogP contribution in [-0.4, -0.2) is 19.6 Å². The highest BCUT2D eigenvalue weighted by atomic mass is 19.1. The maximum absolute atomic E-state index is 12.9. The summed E-state index contributed by atoms with van der Waals surface area (Å²) < 4.78 is 23.1. The van der Waals surface area contributed by atoms with Gasteiger partial charge in [0.15, 0.2) is 0 Å². The van der Waals surface area contributed by atoms with Gasteiger partial charge in [-0.1, -0.05) is 0 Å². The molecule has 1 N–H and O–H groups in total. The number of rotatable bonds is 7. The molecule has 5 heteroatoms. The molecular weight excluding hydrogens is 273 g/mol. The number of esters is 1. The molecule has 0 aliphatic rings. The van der Waals surface area contributed by atoms with Crippen molar-refractivity contribution in [1.82, 2.24) is 5.32 Å². The molecule has 0 unspecified atom stereocenters. The van der Waals surface area contributed by atoms with Crippen LogP contribution in [0.2, 0.25) is 0 Å². The van der Waals surface area contributed by atoms with Gasteiger partial charge in [-0.25, -0.2) is 4.39 Å². The Morgan fingerprint density at radius 3 is 2.71 bits per heavy atom. The summed E-state index contributed by atoms with van der Waals surface area (Å²) in [6.45, 7) is 1.30. The van der Waals surface area contributed by atoms with E-state index in [0.29, 0.717) is 25.3 Å². The first kappa shape index (κ1) is 15.3. The molecule has 2 rings (SSSR count). The third kappa shape index (κ3) is 4.72. The summed E-state index contributed by atoms with van der Waals surface area (Å²) in [5.41, 5.74) is 0.841. The second kappa shape index (κ2) is 7.59. The molecule has 2 aromatic rings. The van der Waals surface area contributed by atoms with Crippen molar-refractivity contribution >= 4 is 5.97 Å². The average Bonchev–Trinajstić information content (AvgIpc) is 2.96. The minimum atomic E-state index is -0.266. The van der Waals surface area contributed by atoms with Gasteiger partial charge in [0.25, 0.3) is 0 Å². The van der Waals surface area contributed by atoms with Gasteiger partial charge in [-0.3, -0.25) is 4.79 Å². The average molecular weight is 291 g/mol. The lowest BCUT2D eigenvalue weighted by atomic mass is 10.2. The van der Waals surface area contributed by atoms with Crippen molar-refractivity contribution in [3.63, 3.8) is 0 Å². The second-order valence-corrected chi connectivity index (χ2v) is 4.63. The van der Waals surface area contributed by atoms with Crippen molar-refractivity contribution < 1.29 is 18.3 Å². The van der Waals surface area contributed by atoms with Crippen molar-refractivity contribution in [2.24, 2.45) is 0 Å². The number of furan rings is 1. The van der Waals surface area contributed by atoms with Crippen LogP contribution in [0.4, 0.5) is 4.39 Å². The highest BCUT2D eigenvalue weighted by Crippen LogP contribution is 2.22. The molecule has 0 radical (unpaired) electrons. The fourth-order valence-corrected chi connectivity index (χ4v) is 1.91. The SMILES string of the molecule is COC(=O)CCCNCc1ccc(-c2ccc(F)cc2)o1. The van der Waals surface area contributed by atoms with Crippen LogP contribution < -0.4 is 5.32 Å². The van der Waals surface area contributed by atoms with Crippen LogP contribution in [0.25, 0.3) is 11.3 Å². The van der Waals surface area contributed by atoms with Gasteiger partial charge in [-0.15, -0.1) is 0 Å². The maximum atomic E-state index is 12.9. The van der Waals surface area contributed by atoms with Crippen LogP contribution in [0.5, 0.6) is 0 Å². The number of carbonyl (C=O) groups excluding carboxylic acids is 1. The molecule has 0 bridgehead atoms. The molecule has 0 aliphatic heterocycles. The highest BCUT2D eigenvalue weighted by molar-refractivity contribution is 5.69. The van der Waals surface area contributed by atoms with Crippen molar-refractivity contribution in [3.8, 4) is 11.3 Å². The van der Waals surface area contributed by atoms with Crippen LogP contribution >= 0.6 is 0 Å². The highest BCUT2D eigenvalue weighted by Gasteiger charge is 2.05. The number of benzene rings is 1. The van der Waals surface area contributed by atoms with Gasteiger partial charge in [-0.05, 0) is 49.4 Å². The van der Waals surface area contributed by atoms with E-state index in [-0.39, 0.29) is 11.8 Å². The third-order valence-electron chi connectivity index (χ3n) is 3.05. The van der Waals surface area contributed by atoms with Crippen LogP contribution in [0.3, 0.4) is 0 Å². The predicted octanol–water partition coefficient (Wildman–Crippen LogP) is 3.13. The zero-order chi connectivity index (χ0) is 15.1. The van der Waals surface area contributed by atoms with E-state index in [1.165, 1.54) is 19.2 Å². The Kier molecular flexibility index (Phi) is 5.51. The van der Waals surface area contributed by atoms with E-state index < -0.39 is 0 Å². The Hall–Kier alpha value is -2.14. The molecular formula is C16H18FNO3. The molecule has 0 spiro atoms. The Bertz CT molecular complexity index is 577. The number of carbonyl (C=O) groups is 1. The summed E-state index contributed by atoms with van der Waals surface area (Å²) in [4.78, 5) is 10.9. The lowest BCUT2D eigenvalue weighted by molar-refractivity contribution is -0.140. The molecule has 0 atom stereocenters. The van der Waals surface area contributed by atoms with Gasteiger partial charge >= 0.3 is 5.97 Å². The van der Waals surface area contributed by atoms with Gasteiger partial charge in [0.1, 0.15) is 17.3 Å². The third-order valence-corrected chi connectivity index (χ3v) is 3.05. The van der Waals surface area contributed by atoms with Crippen LogP contribution in [-0.2, 0) is 16.1 Å². The zero-order valence-electron chi connectivity index (χ0n) is 11.9. The smallest absolute Gasteiger partial charge is 0.305 e. The lowest BCUT2D eigenvalue weighted by Gasteiger charge is -2.02. The van der Waals surface area contributed by atoms with E-state index >= 15 is 0 Å². The molecule has 0 fully saturated rings. The Morgan fingerprint density at radius 2 is 2.00 bits per heavy atom. The van der Waals surface area contributed by atoms with E-state index in [4.69, 9.17) is 4.42 Å². The fourth-order valence-electron chi connectivity index (χ4n) is 1.91. The van der Waals surface area contributed by atoms with E-state index in [1.54, 1.807) is 12.1 Å². The van der Waals surface area contributed by atoms with Crippen molar-refractivity contribution in [2.45, 2.75) is 19.4 Å². The second-order valence-electron chi connectivity index (χ2n) is 4.63. The quantitative estimate of drug-likeness (QED) is 0.629. The summed E-state index contributed by atoms with van der Waals surface area (Å²) in [5.74, 6) is 1.04. The van der Waals surface area contributed by atoms with Gasteiger partial charge in [0, 0.05) is 12.0 Å². The molecule has 4 nitrogen and oxygen atoms in total. The van der Waals surface area contributed by atoms with Crippen LogP contribution in [0, 0.1) is 5.82 Å². The lowest BCUT2D eigenvalue weighted by Crippen LogP contribution is -2.15. The summed E-state index contributed by atoms with van der Waals surface area (Å²) in [7, 11) is 1.38. The van der Waals surface area contributed by atoms with Gasteiger partial charge in [0.05, 0.1) is 13.7 Å². The number of hydrogen-bond donors (Lipinski definition) is 1. The fraction of sp³-hybridized carbons (Fsp3) is 0.312. The zero-order valence-corrected chi connectivity index (χ0v) is 11.9. The standard InChI is InChI=1S/C16H18FNO3/c1-20-16(19)3-2-10-18-11-14-8-9-15(21-14)12-4-6-13(17)7-5-12/h4-9,18H,2-3,10-11H2,1H3. The van der Waals surface area contributed by atoms with E-state index in [2.05, 4.69) is 10.1 Å². The molecule has 1 aromatic heterocycles. The topological polar surface area (TPSA) is 51.5 Å². The number of halogens is 1. The Balaban J connectivity index is 1.78. The number of hydrogen-bond acceptors (Lipinski definition) is 4. The molecule has 1 heterocycles. The molecule has 0 aliphatic carbocycles. The first-order valence-corrected chi connectivity index (χ1v) is 6.81. The molecule has 0 saturated heterocycles. The predicted molar refractivity (Wildman–Crippen MR) is 77.1 cm³/mol. The summed E-state index contributed by atoms with van der Waals surface area (Å²) in [6.07, 6.45) is 1.13. The van der Waals surface area contributed by atoms with E-state index in [9.17, 15) is 9.18 Å². The monoisotopic (exact) mass is 291 g/mol. The van der Waals surface area contributed by atoms with Gasteiger partial charge < -0.3 is 14.5 Å². The van der Waals surface area contributed by atoms with E-state index in [0.717, 1.165) is 17.7 Å². The summed E-state index contributed by atoms with van der Waals surface area (Å²) in [6, 6.07) is 9.92. The van der Waals surface area contributed by atoms with E-state index in [1.807, 2.05) is 12.1 Å². The number of nitrogens with one attached hydrogen (secondary N) is 1. The first-order valence-electron chi connectivity index (χ1n) is 6.81.